The zero-order chi connectivity index (χ0) is 21.3. The van der Waals surface area contributed by atoms with E-state index >= 15 is 0 Å². The number of carbonyl (C=O) groups excluding carboxylic acids is 2. The Balaban J connectivity index is 3.74. The number of hydrogen-bond donors (Lipinski definition) is 0. The minimum absolute atomic E-state index is 0.245. The van der Waals surface area contributed by atoms with Gasteiger partial charge in [0.15, 0.2) is 6.10 Å². The number of hydrogen-bond acceptors (Lipinski definition) is 4. The summed E-state index contributed by atoms with van der Waals surface area (Å²) >= 11 is 0. The molecule has 0 aromatic carbocycles. The van der Waals surface area contributed by atoms with Crippen LogP contribution in [0.4, 0.5) is 0 Å². The Labute approximate surface area is 172 Å². The molecule has 0 unspecified atom stereocenters. The fraction of sp³-hybridized carbons (Fsp3) is 0.826. The van der Waals surface area contributed by atoms with E-state index < -0.39 is 12.1 Å². The molecule has 1 atom stereocenters. The SMILES string of the molecule is CCCCCCCC/C=C\CCCCCC(=O)O[C@H](CC(=O)[O-])C[N+](C)(C)C. The van der Waals surface area contributed by atoms with Crippen LogP contribution in [0.5, 0.6) is 0 Å². The predicted molar refractivity (Wildman–Crippen MR) is 113 cm³/mol. The summed E-state index contributed by atoms with van der Waals surface area (Å²) in [5, 5.41) is 10.8. The first kappa shape index (κ1) is 26.6. The normalized spacial score (nSPS) is 13.0. The van der Waals surface area contributed by atoms with Crippen LogP contribution in [0.2, 0.25) is 0 Å². The minimum Gasteiger partial charge on any atom is -0.550 e. The molecular formula is C23H43NO4. The first-order valence-corrected chi connectivity index (χ1v) is 11.1. The average Bonchev–Trinajstić information content (AvgIpc) is 2.56. The van der Waals surface area contributed by atoms with Crippen LogP contribution < -0.4 is 5.11 Å². The van der Waals surface area contributed by atoms with E-state index in [1.54, 1.807) is 0 Å². The summed E-state index contributed by atoms with van der Waals surface area (Å²) < 4.78 is 5.89. The number of unbranched alkanes of at least 4 members (excludes halogenated alkanes) is 9. The van der Waals surface area contributed by atoms with E-state index in [0.29, 0.717) is 17.4 Å². The number of nitrogens with zero attached hydrogens (tertiary/aromatic N) is 1. The third-order valence-electron chi connectivity index (χ3n) is 4.59. The van der Waals surface area contributed by atoms with Crippen molar-refractivity contribution in [2.24, 2.45) is 0 Å². The summed E-state index contributed by atoms with van der Waals surface area (Å²) in [5.41, 5.74) is 0. The fourth-order valence-electron chi connectivity index (χ4n) is 3.17. The minimum atomic E-state index is -1.18. The number of carboxylic acids is 1. The van der Waals surface area contributed by atoms with Gasteiger partial charge in [-0.2, -0.15) is 0 Å². The van der Waals surface area contributed by atoms with E-state index in [2.05, 4.69) is 19.1 Å². The summed E-state index contributed by atoms with van der Waals surface area (Å²) in [5.74, 6) is -1.49. The molecule has 0 aliphatic carbocycles. The fourth-order valence-corrected chi connectivity index (χ4v) is 3.17. The predicted octanol–water partition coefficient (Wildman–Crippen LogP) is 4.00. The van der Waals surface area contributed by atoms with Gasteiger partial charge in [-0.25, -0.2) is 0 Å². The Kier molecular flexibility index (Phi) is 15.8. The number of carboxylic acid groups (broad SMARTS) is 1. The van der Waals surface area contributed by atoms with E-state index in [-0.39, 0.29) is 12.4 Å². The number of likely N-dealkylation sites (N-methyl/N-ethyl adjacent to an activating group) is 1. The Hall–Kier alpha value is -1.36. The summed E-state index contributed by atoms with van der Waals surface area (Å²) in [6.45, 7) is 2.70. The van der Waals surface area contributed by atoms with Crippen molar-refractivity contribution in [3.8, 4) is 0 Å². The van der Waals surface area contributed by atoms with Gasteiger partial charge in [-0.1, -0.05) is 57.6 Å². The highest BCUT2D eigenvalue weighted by Gasteiger charge is 2.22. The van der Waals surface area contributed by atoms with Gasteiger partial charge < -0.3 is 19.1 Å². The van der Waals surface area contributed by atoms with Crippen LogP contribution in [0.3, 0.4) is 0 Å². The molecule has 5 nitrogen and oxygen atoms in total. The van der Waals surface area contributed by atoms with Gasteiger partial charge in [-0.3, -0.25) is 4.79 Å². The molecule has 28 heavy (non-hydrogen) atoms. The molecule has 0 radical (unpaired) electrons. The molecule has 0 fully saturated rings. The van der Waals surface area contributed by atoms with Crippen molar-refractivity contribution in [1.29, 1.82) is 0 Å². The molecular weight excluding hydrogens is 354 g/mol. The zero-order valence-electron chi connectivity index (χ0n) is 18.7. The quantitative estimate of drug-likeness (QED) is 0.152. The molecule has 0 heterocycles. The smallest absolute Gasteiger partial charge is 0.306 e. The third-order valence-corrected chi connectivity index (χ3v) is 4.59. The standard InChI is InChI=1S/C23H43NO4/c1-5-6-7-8-9-10-11-12-13-14-15-16-17-18-23(27)28-21(19-22(25)26)20-24(2,3)4/h12-13,21H,5-11,14-20H2,1-4H3/b13-12-/t21-/m1/s1. The topological polar surface area (TPSA) is 66.4 Å². The average molecular weight is 398 g/mol. The lowest BCUT2D eigenvalue weighted by Crippen LogP contribution is -2.45. The van der Waals surface area contributed by atoms with Crippen molar-refractivity contribution >= 4 is 11.9 Å². The first-order valence-electron chi connectivity index (χ1n) is 11.1. The second-order valence-corrected chi connectivity index (χ2v) is 8.79. The molecule has 0 spiro atoms. The molecule has 0 saturated carbocycles. The number of esters is 1. The van der Waals surface area contributed by atoms with Gasteiger partial charge in [0.2, 0.25) is 0 Å². The van der Waals surface area contributed by atoms with Crippen molar-refractivity contribution < 1.29 is 23.9 Å². The number of rotatable bonds is 18. The Morgan fingerprint density at radius 3 is 1.96 bits per heavy atom. The second-order valence-electron chi connectivity index (χ2n) is 8.79. The van der Waals surface area contributed by atoms with Gasteiger partial charge in [0.05, 0.1) is 21.1 Å². The maximum atomic E-state index is 12.0. The molecule has 5 heteroatoms. The lowest BCUT2D eigenvalue weighted by atomic mass is 10.1. The van der Waals surface area contributed by atoms with Crippen LogP contribution in [0.25, 0.3) is 0 Å². The van der Waals surface area contributed by atoms with Gasteiger partial charge in [-0.15, -0.1) is 0 Å². The van der Waals surface area contributed by atoms with Gasteiger partial charge in [0, 0.05) is 18.8 Å². The van der Waals surface area contributed by atoms with Crippen molar-refractivity contribution in [2.45, 2.75) is 96.5 Å². The number of allylic oxidation sites excluding steroid dienone is 2. The number of ether oxygens (including phenoxy) is 1. The van der Waals surface area contributed by atoms with Crippen molar-refractivity contribution in [1.82, 2.24) is 0 Å². The molecule has 0 rings (SSSR count). The third kappa shape index (κ3) is 19.4. The van der Waals surface area contributed by atoms with Crippen LogP contribution in [-0.4, -0.2) is 50.2 Å². The highest BCUT2D eigenvalue weighted by Crippen LogP contribution is 2.10. The van der Waals surface area contributed by atoms with E-state index in [0.717, 1.165) is 25.7 Å². The van der Waals surface area contributed by atoms with Crippen LogP contribution in [-0.2, 0) is 14.3 Å². The maximum Gasteiger partial charge on any atom is 0.306 e. The van der Waals surface area contributed by atoms with Gasteiger partial charge in [0.25, 0.3) is 0 Å². The lowest BCUT2D eigenvalue weighted by Gasteiger charge is -2.29. The van der Waals surface area contributed by atoms with Gasteiger partial charge in [-0.05, 0) is 32.1 Å². The summed E-state index contributed by atoms with van der Waals surface area (Å²) in [6, 6.07) is 0. The molecule has 164 valence electrons. The summed E-state index contributed by atoms with van der Waals surface area (Å²) in [6.07, 6.45) is 17.1. The zero-order valence-corrected chi connectivity index (χ0v) is 18.7. The molecule has 0 saturated heterocycles. The second kappa shape index (κ2) is 16.6. The Morgan fingerprint density at radius 2 is 1.43 bits per heavy atom. The van der Waals surface area contributed by atoms with E-state index in [4.69, 9.17) is 4.74 Å². The molecule has 0 amide bonds. The van der Waals surface area contributed by atoms with Gasteiger partial charge >= 0.3 is 5.97 Å². The van der Waals surface area contributed by atoms with Crippen LogP contribution >= 0.6 is 0 Å². The highest BCUT2D eigenvalue weighted by atomic mass is 16.5. The summed E-state index contributed by atoms with van der Waals surface area (Å²) in [4.78, 5) is 22.8. The number of quaternary nitrogens is 1. The molecule has 0 aliphatic rings. The van der Waals surface area contributed by atoms with Gasteiger partial charge in [0.1, 0.15) is 6.54 Å². The van der Waals surface area contributed by atoms with Crippen LogP contribution in [0.1, 0.15) is 90.4 Å². The number of carbonyl (C=O) groups is 2. The Bertz CT molecular complexity index is 440. The van der Waals surface area contributed by atoms with Crippen molar-refractivity contribution in [3.05, 3.63) is 12.2 Å². The number of aliphatic carboxylic acids is 1. The van der Waals surface area contributed by atoms with Crippen LogP contribution in [0, 0.1) is 0 Å². The van der Waals surface area contributed by atoms with Crippen molar-refractivity contribution in [2.75, 3.05) is 27.7 Å². The van der Waals surface area contributed by atoms with E-state index in [1.807, 2.05) is 21.1 Å². The van der Waals surface area contributed by atoms with Crippen LogP contribution in [0.15, 0.2) is 12.2 Å². The maximum absolute atomic E-state index is 12.0. The molecule has 0 aromatic heterocycles. The Morgan fingerprint density at radius 1 is 0.893 bits per heavy atom. The molecule has 0 N–H and O–H groups in total. The molecule has 0 aliphatic heterocycles. The highest BCUT2D eigenvalue weighted by molar-refractivity contribution is 5.70. The van der Waals surface area contributed by atoms with Crippen molar-refractivity contribution in [3.63, 3.8) is 0 Å². The monoisotopic (exact) mass is 397 g/mol. The summed E-state index contributed by atoms with van der Waals surface area (Å²) in [7, 11) is 5.82. The first-order chi connectivity index (χ1) is 13.2. The molecule has 0 aromatic rings. The lowest BCUT2D eigenvalue weighted by molar-refractivity contribution is -0.873. The van der Waals surface area contributed by atoms with E-state index in [9.17, 15) is 14.7 Å². The van der Waals surface area contributed by atoms with E-state index in [1.165, 1.54) is 44.9 Å². The largest absolute Gasteiger partial charge is 0.550 e. The molecule has 0 bridgehead atoms.